The molecular formula is C23H19N5O5S. The fraction of sp³-hybridized carbons (Fsp3) is 0.217. The zero-order chi connectivity index (χ0) is 23.8. The van der Waals surface area contributed by atoms with E-state index >= 15 is 0 Å². The smallest absolute Gasteiger partial charge is 0.335 e. The van der Waals surface area contributed by atoms with Crippen molar-refractivity contribution < 1.29 is 19.6 Å². The van der Waals surface area contributed by atoms with Gasteiger partial charge >= 0.3 is 5.97 Å². The van der Waals surface area contributed by atoms with E-state index in [1.807, 2.05) is 0 Å². The van der Waals surface area contributed by atoms with Crippen molar-refractivity contribution in [3.63, 3.8) is 0 Å². The van der Waals surface area contributed by atoms with Crippen molar-refractivity contribution >= 4 is 35.2 Å². The molecule has 5 rings (SSSR count). The maximum absolute atomic E-state index is 12.9. The Balaban J connectivity index is 1.45. The van der Waals surface area contributed by atoms with E-state index in [0.29, 0.717) is 28.9 Å². The largest absolute Gasteiger partial charge is 0.478 e. The topological polar surface area (TPSA) is 140 Å². The number of anilines is 1. The number of hydrogen-bond donors (Lipinski definition) is 2. The van der Waals surface area contributed by atoms with Gasteiger partial charge in [0.05, 0.1) is 10.5 Å². The number of nitrogens with zero attached hydrogens (tertiary/aromatic N) is 4. The number of carbonyl (C=O) groups excluding carboxylic acids is 1. The summed E-state index contributed by atoms with van der Waals surface area (Å²) in [5.74, 6) is 0.112. The van der Waals surface area contributed by atoms with Crippen LogP contribution in [0.4, 0.5) is 11.6 Å². The Morgan fingerprint density at radius 1 is 1.18 bits per heavy atom. The van der Waals surface area contributed by atoms with Crippen LogP contribution in [0.3, 0.4) is 0 Å². The average Bonchev–Trinajstić information content (AvgIpc) is 3.24. The Hall–Kier alpha value is -3.99. The van der Waals surface area contributed by atoms with Gasteiger partial charge in [0, 0.05) is 35.6 Å². The van der Waals surface area contributed by atoms with Gasteiger partial charge in [0.1, 0.15) is 6.04 Å². The molecule has 0 bridgehead atoms. The van der Waals surface area contributed by atoms with Crippen molar-refractivity contribution in [1.29, 1.82) is 0 Å². The van der Waals surface area contributed by atoms with Crippen LogP contribution >= 0.6 is 11.8 Å². The number of nitro benzene ring substituents is 1. The number of aromatic nitrogens is 3. The molecule has 11 heteroatoms. The number of Topliss-reactive ketones (excluding diaryl/α,β-unsaturated/α-hetero) is 1. The molecule has 1 aliphatic carbocycles. The number of thioether (sulfide) groups is 1. The van der Waals surface area contributed by atoms with Crippen molar-refractivity contribution in [3.8, 4) is 0 Å². The zero-order valence-electron chi connectivity index (χ0n) is 17.8. The summed E-state index contributed by atoms with van der Waals surface area (Å²) in [7, 11) is 0. The average molecular weight is 478 g/mol. The maximum atomic E-state index is 12.9. The lowest BCUT2D eigenvalue weighted by Crippen LogP contribution is -2.31. The quantitative estimate of drug-likeness (QED) is 0.303. The highest BCUT2D eigenvalue weighted by atomic mass is 32.2. The molecular weight excluding hydrogens is 458 g/mol. The van der Waals surface area contributed by atoms with E-state index in [0.717, 1.165) is 29.7 Å². The second kappa shape index (κ2) is 8.75. The summed E-state index contributed by atoms with van der Waals surface area (Å²) < 4.78 is 1.67. The number of allylic oxidation sites excluding steroid dienone is 2. The van der Waals surface area contributed by atoms with Crippen molar-refractivity contribution in [2.24, 2.45) is 0 Å². The number of carbonyl (C=O) groups is 2. The van der Waals surface area contributed by atoms with E-state index in [4.69, 9.17) is 5.11 Å². The number of ketones is 1. The molecule has 0 unspecified atom stereocenters. The third kappa shape index (κ3) is 4.05. The molecule has 0 saturated heterocycles. The molecule has 1 atom stereocenters. The Kier molecular flexibility index (Phi) is 5.62. The lowest BCUT2D eigenvalue weighted by molar-refractivity contribution is -0.384. The molecule has 0 radical (unpaired) electrons. The van der Waals surface area contributed by atoms with E-state index in [-0.39, 0.29) is 17.0 Å². The summed E-state index contributed by atoms with van der Waals surface area (Å²) in [5, 5.41) is 28.5. The van der Waals surface area contributed by atoms with Crippen LogP contribution < -0.4 is 5.32 Å². The normalized spacial score (nSPS) is 17.1. The highest BCUT2D eigenvalue weighted by Crippen LogP contribution is 2.41. The van der Waals surface area contributed by atoms with Gasteiger partial charge in [-0.15, -0.1) is 5.10 Å². The monoisotopic (exact) mass is 477 g/mol. The van der Waals surface area contributed by atoms with Gasteiger partial charge in [-0.05, 0) is 48.2 Å². The SMILES string of the molecule is O=C1CCCC2=C1[C@H](c1ccc([N+](=O)[O-])cc1)n1nc(SCc3ccc(C(=O)O)cc3)nc1N2. The summed E-state index contributed by atoms with van der Waals surface area (Å²) >= 11 is 1.40. The molecule has 34 heavy (non-hydrogen) atoms. The number of rotatable bonds is 6. The number of fused-ring (bicyclic) bond motifs is 1. The standard InChI is InChI=1S/C23H19N5O5S/c29-18-3-1-2-17-19(18)20(14-8-10-16(11-9-14)28(32)33)27-22(24-17)25-23(26-27)34-12-13-4-6-15(7-5-13)21(30)31/h4-11,20H,1-3,12H2,(H,30,31)(H,24,25,26)/t20-/m0/s1. The number of nitro groups is 1. The van der Waals surface area contributed by atoms with Gasteiger partial charge in [0.2, 0.25) is 11.1 Å². The first-order valence-electron chi connectivity index (χ1n) is 10.6. The molecule has 172 valence electrons. The van der Waals surface area contributed by atoms with Gasteiger partial charge in [-0.2, -0.15) is 4.98 Å². The Bertz CT molecular complexity index is 1330. The lowest BCUT2D eigenvalue weighted by Gasteiger charge is -2.32. The van der Waals surface area contributed by atoms with Crippen molar-refractivity contribution in [1.82, 2.24) is 14.8 Å². The molecule has 3 aromatic rings. The van der Waals surface area contributed by atoms with Crippen LogP contribution in [0.25, 0.3) is 0 Å². The highest BCUT2D eigenvalue weighted by Gasteiger charge is 2.37. The second-order valence-corrected chi connectivity index (χ2v) is 8.94. The maximum Gasteiger partial charge on any atom is 0.335 e. The minimum absolute atomic E-state index is 0.0224. The van der Waals surface area contributed by atoms with Gasteiger partial charge in [-0.1, -0.05) is 23.9 Å². The third-order valence-corrected chi connectivity index (χ3v) is 6.75. The molecule has 1 aliphatic heterocycles. The van der Waals surface area contributed by atoms with Gasteiger partial charge in [-0.3, -0.25) is 14.9 Å². The van der Waals surface area contributed by atoms with Crippen LogP contribution in [-0.2, 0) is 10.5 Å². The zero-order valence-corrected chi connectivity index (χ0v) is 18.6. The molecule has 10 nitrogen and oxygen atoms in total. The van der Waals surface area contributed by atoms with Crippen LogP contribution in [0, 0.1) is 10.1 Å². The summed E-state index contributed by atoms with van der Waals surface area (Å²) in [6.07, 6.45) is 1.91. The molecule has 0 fully saturated rings. The first kappa shape index (κ1) is 21.8. The highest BCUT2D eigenvalue weighted by molar-refractivity contribution is 7.98. The van der Waals surface area contributed by atoms with Gasteiger partial charge in [-0.25, -0.2) is 9.48 Å². The number of benzene rings is 2. The molecule has 2 aliphatic rings. The van der Waals surface area contributed by atoms with Crippen molar-refractivity contribution in [2.75, 3.05) is 5.32 Å². The molecule has 1 aromatic heterocycles. The number of nitrogens with one attached hydrogen (secondary N) is 1. The van der Waals surface area contributed by atoms with Gasteiger partial charge in [0.25, 0.3) is 5.69 Å². The van der Waals surface area contributed by atoms with Crippen molar-refractivity contribution in [2.45, 2.75) is 36.2 Å². The van der Waals surface area contributed by atoms with Crippen molar-refractivity contribution in [3.05, 3.63) is 86.6 Å². The number of carboxylic acid groups (broad SMARTS) is 1. The predicted octanol–water partition coefficient (Wildman–Crippen LogP) is 4.20. The van der Waals surface area contributed by atoms with Gasteiger partial charge in [0.15, 0.2) is 5.78 Å². The molecule has 0 spiro atoms. The lowest BCUT2D eigenvalue weighted by atomic mass is 9.85. The fourth-order valence-electron chi connectivity index (χ4n) is 4.18. The summed E-state index contributed by atoms with van der Waals surface area (Å²) in [6.45, 7) is 0. The summed E-state index contributed by atoms with van der Waals surface area (Å²) in [4.78, 5) is 39.1. The Labute approximate surface area is 197 Å². The molecule has 2 heterocycles. The van der Waals surface area contributed by atoms with E-state index in [2.05, 4.69) is 15.4 Å². The minimum Gasteiger partial charge on any atom is -0.478 e. The van der Waals surface area contributed by atoms with Crippen LogP contribution in [0.2, 0.25) is 0 Å². The second-order valence-electron chi connectivity index (χ2n) is 8.00. The molecule has 0 saturated carbocycles. The molecule has 0 amide bonds. The minimum atomic E-state index is -0.975. The summed E-state index contributed by atoms with van der Waals surface area (Å²) in [6, 6.07) is 12.3. The van der Waals surface area contributed by atoms with Crippen LogP contribution in [0.1, 0.15) is 46.8 Å². The van der Waals surface area contributed by atoms with Gasteiger partial charge < -0.3 is 10.4 Å². The summed E-state index contributed by atoms with van der Waals surface area (Å²) in [5.41, 5.74) is 3.29. The first-order chi connectivity index (χ1) is 16.4. The van der Waals surface area contributed by atoms with E-state index in [9.17, 15) is 19.7 Å². The fourth-order valence-corrected chi connectivity index (χ4v) is 4.96. The Morgan fingerprint density at radius 2 is 1.91 bits per heavy atom. The van der Waals surface area contributed by atoms with E-state index < -0.39 is 16.9 Å². The molecule has 2 N–H and O–H groups in total. The first-order valence-corrected chi connectivity index (χ1v) is 11.6. The molecule has 2 aromatic carbocycles. The predicted molar refractivity (Wildman–Crippen MR) is 124 cm³/mol. The van der Waals surface area contributed by atoms with Crippen LogP contribution in [0.5, 0.6) is 0 Å². The number of carboxylic acids is 1. The number of aromatic carboxylic acids is 1. The van der Waals surface area contributed by atoms with Crippen LogP contribution in [0.15, 0.2) is 65.0 Å². The Morgan fingerprint density at radius 3 is 2.59 bits per heavy atom. The third-order valence-electron chi connectivity index (χ3n) is 5.84. The number of non-ortho nitro benzene ring substituents is 1. The number of hydrogen-bond acceptors (Lipinski definition) is 8. The van der Waals surface area contributed by atoms with E-state index in [1.165, 1.54) is 23.9 Å². The van der Waals surface area contributed by atoms with Crippen LogP contribution in [-0.4, -0.2) is 36.5 Å². The van der Waals surface area contributed by atoms with E-state index in [1.54, 1.807) is 41.1 Å².